The second-order valence-electron chi connectivity index (χ2n) is 9.53. The van der Waals surface area contributed by atoms with Crippen LogP contribution in [0.2, 0.25) is 0 Å². The maximum atomic E-state index is 13.9. The summed E-state index contributed by atoms with van der Waals surface area (Å²) in [6.45, 7) is 5.98. The quantitative estimate of drug-likeness (QED) is 0.354. The van der Waals surface area contributed by atoms with E-state index < -0.39 is 26.2 Å². The number of rotatable bonds is 6. The zero-order valence-electron chi connectivity index (χ0n) is 19.9. The van der Waals surface area contributed by atoms with Crippen LogP contribution in [0.3, 0.4) is 0 Å². The molecular formula is C24H29N3O6S2. The molecule has 5 N–H and O–H groups in total. The number of amidine groups is 1. The first-order valence-electron chi connectivity index (χ1n) is 11.1. The Kier molecular flexibility index (Phi) is 6.25. The maximum Gasteiger partial charge on any atom is 0.229 e. The first kappa shape index (κ1) is 25.2. The summed E-state index contributed by atoms with van der Waals surface area (Å²) >= 11 is 0. The van der Waals surface area contributed by atoms with Gasteiger partial charge < -0.3 is 10.4 Å². The van der Waals surface area contributed by atoms with Crippen molar-refractivity contribution in [1.82, 2.24) is 0 Å². The highest BCUT2D eigenvalue weighted by atomic mass is 32.3. The summed E-state index contributed by atoms with van der Waals surface area (Å²) in [5.74, 6) is -0.440. The highest BCUT2D eigenvalue weighted by Crippen LogP contribution is 2.57. The molecule has 2 aromatic carbocycles. The number of carbonyl (C=O) groups excluding carboxylic acids is 1. The SMILES string of the molecule is CC(C)CC[C@]1(C)C(=O)C(C2=NS(O)(O)c3cc(NS(C)(=O)=O)ccc3N2)=C(O)c2ccccc21. The van der Waals surface area contributed by atoms with Crippen molar-refractivity contribution in [3.8, 4) is 0 Å². The van der Waals surface area contributed by atoms with Crippen LogP contribution >= 0.6 is 10.8 Å². The van der Waals surface area contributed by atoms with Crippen LogP contribution in [0, 0.1) is 5.92 Å². The lowest BCUT2D eigenvalue weighted by Gasteiger charge is -2.39. The summed E-state index contributed by atoms with van der Waals surface area (Å²) in [6, 6.07) is 11.3. The molecule has 0 fully saturated rings. The van der Waals surface area contributed by atoms with Crippen LogP contribution < -0.4 is 10.0 Å². The van der Waals surface area contributed by atoms with E-state index in [1.165, 1.54) is 18.2 Å². The number of sulfonamides is 1. The van der Waals surface area contributed by atoms with Crippen LogP contribution in [-0.2, 0) is 20.2 Å². The molecule has 0 radical (unpaired) electrons. The van der Waals surface area contributed by atoms with Crippen molar-refractivity contribution >= 4 is 49.6 Å². The zero-order valence-corrected chi connectivity index (χ0v) is 21.5. The average molecular weight is 520 g/mol. The number of carbonyl (C=O) groups is 1. The molecule has 0 aromatic heterocycles. The average Bonchev–Trinajstić information content (AvgIpc) is 2.76. The first-order valence-corrected chi connectivity index (χ1v) is 14.5. The van der Waals surface area contributed by atoms with Gasteiger partial charge in [-0.1, -0.05) is 48.9 Å². The van der Waals surface area contributed by atoms with Crippen molar-refractivity contribution in [2.45, 2.75) is 43.9 Å². The first-order chi connectivity index (χ1) is 16.2. The Balaban J connectivity index is 1.82. The molecule has 1 aliphatic heterocycles. The highest BCUT2D eigenvalue weighted by Gasteiger charge is 2.46. The summed E-state index contributed by atoms with van der Waals surface area (Å²) in [6.07, 6.45) is 2.30. The Bertz CT molecular complexity index is 1380. The van der Waals surface area contributed by atoms with E-state index in [1.54, 1.807) is 12.1 Å². The summed E-state index contributed by atoms with van der Waals surface area (Å²) < 4.78 is 51.2. The van der Waals surface area contributed by atoms with Gasteiger partial charge in [-0.3, -0.25) is 18.6 Å². The molecule has 188 valence electrons. The Morgan fingerprint density at radius 3 is 2.51 bits per heavy atom. The third-order valence-electron chi connectivity index (χ3n) is 6.25. The molecule has 0 spiro atoms. The predicted octanol–water partition coefficient (Wildman–Crippen LogP) is 5.15. The smallest absolute Gasteiger partial charge is 0.229 e. The van der Waals surface area contributed by atoms with Crippen LogP contribution in [0.15, 0.2) is 57.3 Å². The van der Waals surface area contributed by atoms with E-state index in [-0.39, 0.29) is 39.2 Å². The number of aliphatic hydroxyl groups is 1. The second-order valence-corrected chi connectivity index (χ2v) is 12.9. The van der Waals surface area contributed by atoms with E-state index >= 15 is 0 Å². The molecule has 9 nitrogen and oxygen atoms in total. The number of fused-ring (bicyclic) bond motifs is 2. The largest absolute Gasteiger partial charge is 0.506 e. The van der Waals surface area contributed by atoms with Crippen molar-refractivity contribution in [2.75, 3.05) is 16.3 Å². The van der Waals surface area contributed by atoms with Gasteiger partial charge in [0.1, 0.15) is 16.2 Å². The summed E-state index contributed by atoms with van der Waals surface area (Å²) in [4.78, 5) is 13.9. The normalized spacial score (nSPS) is 22.1. The van der Waals surface area contributed by atoms with Crippen LogP contribution in [0.4, 0.5) is 11.4 Å². The lowest BCUT2D eigenvalue weighted by molar-refractivity contribution is -0.120. The molecule has 2 aliphatic rings. The van der Waals surface area contributed by atoms with Crippen molar-refractivity contribution in [3.63, 3.8) is 0 Å². The van der Waals surface area contributed by atoms with E-state index in [0.717, 1.165) is 12.7 Å². The van der Waals surface area contributed by atoms with E-state index in [1.807, 2.05) is 19.1 Å². The lowest BCUT2D eigenvalue weighted by Crippen LogP contribution is -2.42. The summed E-state index contributed by atoms with van der Waals surface area (Å²) in [5, 5.41) is 14.1. The number of aliphatic hydroxyl groups excluding tert-OH is 1. The number of Topliss-reactive ketones (excluding diaryl/α,β-unsaturated/α-hetero) is 1. The molecule has 35 heavy (non-hydrogen) atoms. The number of nitrogens with zero attached hydrogens (tertiary/aromatic N) is 1. The fourth-order valence-electron chi connectivity index (χ4n) is 4.42. The maximum absolute atomic E-state index is 13.9. The predicted molar refractivity (Wildman–Crippen MR) is 140 cm³/mol. The number of hydrogen-bond donors (Lipinski definition) is 5. The minimum Gasteiger partial charge on any atom is -0.506 e. The molecule has 1 aliphatic carbocycles. The Morgan fingerprint density at radius 2 is 1.86 bits per heavy atom. The van der Waals surface area contributed by atoms with Crippen LogP contribution in [0.1, 0.15) is 44.7 Å². The van der Waals surface area contributed by atoms with Crippen LogP contribution in [0.25, 0.3) is 5.76 Å². The molecule has 11 heteroatoms. The molecule has 0 saturated carbocycles. The molecular weight excluding hydrogens is 490 g/mol. The molecule has 0 amide bonds. The fraction of sp³-hybridized carbons (Fsp3) is 0.333. The Morgan fingerprint density at radius 1 is 1.17 bits per heavy atom. The number of benzene rings is 2. The fourth-order valence-corrected chi connectivity index (χ4v) is 6.17. The van der Waals surface area contributed by atoms with E-state index in [0.29, 0.717) is 23.5 Å². The minimum absolute atomic E-state index is 0.0267. The van der Waals surface area contributed by atoms with Crippen LogP contribution in [0.5, 0.6) is 0 Å². The number of ketones is 1. The third-order valence-corrected chi connectivity index (χ3v) is 8.22. The molecule has 1 heterocycles. The monoisotopic (exact) mass is 519 g/mol. The molecule has 0 unspecified atom stereocenters. The highest BCUT2D eigenvalue weighted by molar-refractivity contribution is 8.23. The molecule has 4 rings (SSSR count). The van der Waals surface area contributed by atoms with E-state index in [9.17, 15) is 27.4 Å². The van der Waals surface area contributed by atoms with Gasteiger partial charge in [-0.05, 0) is 49.4 Å². The number of anilines is 2. The van der Waals surface area contributed by atoms with Crippen molar-refractivity contribution in [3.05, 3.63) is 59.2 Å². The number of nitrogens with one attached hydrogen (secondary N) is 2. The van der Waals surface area contributed by atoms with Gasteiger partial charge >= 0.3 is 0 Å². The van der Waals surface area contributed by atoms with Crippen LogP contribution in [-0.4, -0.2) is 40.5 Å². The lowest BCUT2D eigenvalue weighted by atomic mass is 9.66. The van der Waals surface area contributed by atoms with E-state index in [4.69, 9.17) is 0 Å². The van der Waals surface area contributed by atoms with Gasteiger partial charge in [0.2, 0.25) is 10.0 Å². The van der Waals surface area contributed by atoms with Gasteiger partial charge in [0, 0.05) is 5.56 Å². The molecule has 1 atom stereocenters. The molecule has 2 aromatic rings. The second kappa shape index (κ2) is 8.66. The van der Waals surface area contributed by atoms with Crippen molar-refractivity contribution in [2.24, 2.45) is 10.3 Å². The number of hydrogen-bond acceptors (Lipinski definition) is 8. The van der Waals surface area contributed by atoms with Gasteiger partial charge in [0.15, 0.2) is 11.6 Å². The standard InChI is InChI=1S/C24H29N3O6S2/c1-14(2)11-12-24(3)17-8-6-5-7-16(17)21(28)20(22(24)29)23-25-18-10-9-15(26-34(4,30)31)13-19(18)35(32,33)27-23/h5-10,13-14,26,28,32-33H,11-12H2,1-4H3,(H,25,27)/t24-/m0/s1. The summed E-state index contributed by atoms with van der Waals surface area (Å²) in [7, 11) is -7.39. The topological polar surface area (TPSA) is 148 Å². The minimum atomic E-state index is -3.81. The Hall–Kier alpha value is -2.86. The zero-order chi connectivity index (χ0) is 25.8. The van der Waals surface area contributed by atoms with Crippen molar-refractivity contribution < 1.29 is 27.4 Å². The summed E-state index contributed by atoms with van der Waals surface area (Å²) in [5.41, 5.74) is 0.528. The van der Waals surface area contributed by atoms with Crippen molar-refractivity contribution in [1.29, 1.82) is 0 Å². The van der Waals surface area contributed by atoms with Gasteiger partial charge in [0.05, 0.1) is 23.0 Å². The van der Waals surface area contributed by atoms with Gasteiger partial charge in [0.25, 0.3) is 0 Å². The molecule has 0 bridgehead atoms. The van der Waals surface area contributed by atoms with Gasteiger partial charge in [-0.15, -0.1) is 4.40 Å². The third kappa shape index (κ3) is 4.68. The molecule has 0 saturated heterocycles. The van der Waals surface area contributed by atoms with Gasteiger partial charge in [-0.25, -0.2) is 8.42 Å². The van der Waals surface area contributed by atoms with Gasteiger partial charge in [-0.2, -0.15) is 0 Å². The Labute approximate surface area is 206 Å². The van der Waals surface area contributed by atoms with E-state index in [2.05, 4.69) is 28.3 Å².